The molecule has 0 bridgehead atoms. The van der Waals surface area contributed by atoms with Crippen LogP contribution in [0.15, 0.2) is 47.3 Å². The zero-order valence-corrected chi connectivity index (χ0v) is 17.0. The number of aromatic amines is 1. The number of quaternary nitrogens is 1. The molecule has 3 unspecified atom stereocenters. The first-order valence-electron chi connectivity index (χ1n) is 10.1. The molecule has 1 saturated carbocycles. The van der Waals surface area contributed by atoms with Crippen LogP contribution in [0.5, 0.6) is 5.75 Å². The summed E-state index contributed by atoms with van der Waals surface area (Å²) in [7, 11) is 0. The summed E-state index contributed by atoms with van der Waals surface area (Å²) in [6, 6.07) is 13.7. The number of aromatic hydroxyl groups is 1. The molecule has 1 aromatic heterocycles. The summed E-state index contributed by atoms with van der Waals surface area (Å²) in [5.41, 5.74) is 2.25. The predicted molar refractivity (Wildman–Crippen MR) is 113 cm³/mol. The van der Waals surface area contributed by atoms with Crippen LogP contribution in [0.2, 0.25) is 0 Å². The lowest BCUT2D eigenvalue weighted by molar-refractivity contribution is -0.705. The van der Waals surface area contributed by atoms with Crippen LogP contribution in [-0.2, 0) is 11.3 Å². The summed E-state index contributed by atoms with van der Waals surface area (Å²) in [5.74, 6) is 0.0277. The Balaban J connectivity index is 1.40. The number of nitrogens with two attached hydrogens (primary N) is 1. The molecular weight excluding hydrogens is 388 g/mol. The van der Waals surface area contributed by atoms with Gasteiger partial charge in [0.05, 0.1) is 11.3 Å². The molecule has 1 heterocycles. The summed E-state index contributed by atoms with van der Waals surface area (Å²) in [6.45, 7) is 1.09. The molecular formula is C22H27N2O4S+. The van der Waals surface area contributed by atoms with E-state index in [0.717, 1.165) is 24.2 Å². The normalized spacial score (nSPS) is 20.7. The lowest BCUT2D eigenvalue weighted by Gasteiger charge is -2.30. The van der Waals surface area contributed by atoms with Gasteiger partial charge in [0.15, 0.2) is 0 Å². The Morgan fingerprint density at radius 2 is 1.97 bits per heavy atom. The fourth-order valence-electron chi connectivity index (χ4n) is 4.11. The monoisotopic (exact) mass is 415 g/mol. The Hall–Kier alpha value is -2.19. The van der Waals surface area contributed by atoms with Gasteiger partial charge in [-0.2, -0.15) is 0 Å². The number of ether oxygens (including phenoxy) is 1. The highest BCUT2D eigenvalue weighted by atomic mass is 32.1. The van der Waals surface area contributed by atoms with Crippen LogP contribution < -0.4 is 10.2 Å². The molecule has 0 spiro atoms. The third-order valence-electron chi connectivity index (χ3n) is 5.67. The Morgan fingerprint density at radius 1 is 1.17 bits per heavy atom. The minimum Gasteiger partial charge on any atom is -0.506 e. The van der Waals surface area contributed by atoms with Crippen LogP contribution >= 0.6 is 11.3 Å². The van der Waals surface area contributed by atoms with Gasteiger partial charge in [0.1, 0.15) is 36.1 Å². The topological polar surface area (TPSA) is 99.2 Å². The van der Waals surface area contributed by atoms with Crippen LogP contribution in [0.4, 0.5) is 0 Å². The average molecular weight is 416 g/mol. The lowest BCUT2D eigenvalue weighted by Crippen LogP contribution is -2.93. The zero-order chi connectivity index (χ0) is 20.2. The zero-order valence-electron chi connectivity index (χ0n) is 16.2. The van der Waals surface area contributed by atoms with Gasteiger partial charge in [-0.1, -0.05) is 54.2 Å². The van der Waals surface area contributed by atoms with E-state index in [9.17, 15) is 15.0 Å². The van der Waals surface area contributed by atoms with Crippen LogP contribution in [0.1, 0.15) is 42.9 Å². The van der Waals surface area contributed by atoms with Crippen LogP contribution in [0.25, 0.3) is 10.2 Å². The molecule has 0 radical (unpaired) electrons. The standard InChI is InChI=1S/C22H26N2O4S/c25-17-11-10-15(21-20(17)24-22(27)29-21)18(26)12-23-16-8-4-5-9-19(16)28-13-14-6-2-1-3-7-14/h1-3,6-7,10-11,16,18-19,23,25-26H,4-5,8-9,12-13H2,(H,24,27)/p+1. The number of aliphatic hydroxyl groups is 1. The van der Waals surface area contributed by atoms with Crippen molar-refractivity contribution >= 4 is 21.6 Å². The van der Waals surface area contributed by atoms with Gasteiger partial charge in [0.25, 0.3) is 0 Å². The fourth-order valence-corrected chi connectivity index (χ4v) is 5.03. The number of thiazole rings is 1. The summed E-state index contributed by atoms with van der Waals surface area (Å²) < 4.78 is 6.84. The number of H-pyrrole nitrogens is 1. The highest BCUT2D eigenvalue weighted by molar-refractivity contribution is 7.16. The Bertz CT molecular complexity index is 1000. The highest BCUT2D eigenvalue weighted by Crippen LogP contribution is 2.31. The Morgan fingerprint density at radius 3 is 2.79 bits per heavy atom. The Labute approximate surface area is 173 Å². The molecule has 154 valence electrons. The molecule has 1 fully saturated rings. The average Bonchev–Trinajstić information content (AvgIpc) is 3.14. The maximum absolute atomic E-state index is 11.7. The third kappa shape index (κ3) is 4.70. The van der Waals surface area contributed by atoms with Gasteiger partial charge in [0, 0.05) is 12.0 Å². The number of rotatable bonds is 7. The molecule has 0 amide bonds. The molecule has 3 aromatic rings. The number of phenolic OH excluding ortho intramolecular Hbond substituents is 1. The van der Waals surface area contributed by atoms with E-state index in [2.05, 4.69) is 22.4 Å². The number of hydrogen-bond donors (Lipinski definition) is 4. The van der Waals surface area contributed by atoms with Crippen molar-refractivity contribution in [1.82, 2.24) is 4.98 Å². The molecule has 1 aliphatic rings. The minimum absolute atomic E-state index is 0.0277. The number of aromatic nitrogens is 1. The van der Waals surface area contributed by atoms with Crippen LogP contribution in [0, 0.1) is 0 Å². The van der Waals surface area contributed by atoms with Gasteiger partial charge in [-0.3, -0.25) is 4.79 Å². The van der Waals surface area contributed by atoms with Gasteiger partial charge in [-0.15, -0.1) is 0 Å². The van der Waals surface area contributed by atoms with Crippen molar-refractivity contribution in [3.63, 3.8) is 0 Å². The quantitative estimate of drug-likeness (QED) is 0.476. The molecule has 1 aliphatic carbocycles. The first kappa shape index (κ1) is 20.1. The lowest BCUT2D eigenvalue weighted by atomic mass is 9.92. The van der Waals surface area contributed by atoms with E-state index in [1.54, 1.807) is 6.07 Å². The molecule has 0 saturated heterocycles. The molecule has 0 aliphatic heterocycles. The van der Waals surface area contributed by atoms with Crippen molar-refractivity contribution in [3.05, 3.63) is 63.3 Å². The second-order valence-corrected chi connectivity index (χ2v) is 8.65. The van der Waals surface area contributed by atoms with Crippen molar-refractivity contribution in [2.45, 2.75) is 50.5 Å². The third-order valence-corrected chi connectivity index (χ3v) is 6.60. The number of hydrogen-bond acceptors (Lipinski definition) is 5. The molecule has 3 atom stereocenters. The first-order valence-corrected chi connectivity index (χ1v) is 10.9. The fraction of sp³-hybridized carbons (Fsp3) is 0.409. The first-order chi connectivity index (χ1) is 14.1. The molecule has 7 heteroatoms. The van der Waals surface area contributed by atoms with E-state index in [1.165, 1.54) is 24.5 Å². The predicted octanol–water partition coefficient (Wildman–Crippen LogP) is 2.42. The van der Waals surface area contributed by atoms with Gasteiger partial charge in [0.2, 0.25) is 0 Å². The second kappa shape index (κ2) is 9.09. The molecule has 5 N–H and O–H groups in total. The summed E-state index contributed by atoms with van der Waals surface area (Å²) in [5, 5.41) is 22.9. The van der Waals surface area contributed by atoms with Crippen molar-refractivity contribution in [2.75, 3.05) is 6.54 Å². The molecule has 6 nitrogen and oxygen atoms in total. The van der Waals surface area contributed by atoms with E-state index in [4.69, 9.17) is 4.74 Å². The maximum Gasteiger partial charge on any atom is 0.305 e. The van der Waals surface area contributed by atoms with Crippen LogP contribution in [0.3, 0.4) is 0 Å². The largest absolute Gasteiger partial charge is 0.506 e. The Kier molecular flexibility index (Phi) is 6.30. The molecule has 29 heavy (non-hydrogen) atoms. The van der Waals surface area contributed by atoms with Gasteiger partial charge >= 0.3 is 4.87 Å². The molecule has 2 aromatic carbocycles. The van der Waals surface area contributed by atoms with E-state index in [1.807, 2.05) is 18.2 Å². The van der Waals surface area contributed by atoms with Crippen LogP contribution in [-0.4, -0.2) is 33.9 Å². The minimum atomic E-state index is -0.721. The van der Waals surface area contributed by atoms with Crippen molar-refractivity contribution < 1.29 is 20.3 Å². The second-order valence-electron chi connectivity index (χ2n) is 7.66. The SMILES string of the molecule is O=c1[nH]c2c(O)ccc(C(O)C[NH2+]C3CCCCC3OCc3ccccc3)c2s1. The van der Waals surface area contributed by atoms with Crippen molar-refractivity contribution in [1.29, 1.82) is 0 Å². The highest BCUT2D eigenvalue weighted by Gasteiger charge is 2.30. The number of benzene rings is 2. The summed E-state index contributed by atoms with van der Waals surface area (Å²) in [4.78, 5) is 14.1. The van der Waals surface area contributed by atoms with Gasteiger partial charge < -0.3 is 25.3 Å². The number of phenols is 1. The summed E-state index contributed by atoms with van der Waals surface area (Å²) in [6.07, 6.45) is 3.88. The maximum atomic E-state index is 11.7. The molecule has 4 rings (SSSR count). The van der Waals surface area contributed by atoms with Crippen molar-refractivity contribution in [3.8, 4) is 5.75 Å². The van der Waals surface area contributed by atoms with E-state index < -0.39 is 6.10 Å². The van der Waals surface area contributed by atoms with E-state index in [0.29, 0.717) is 35.0 Å². The van der Waals surface area contributed by atoms with E-state index in [-0.39, 0.29) is 16.7 Å². The smallest absolute Gasteiger partial charge is 0.305 e. The number of nitrogens with one attached hydrogen (secondary N) is 1. The number of fused-ring (bicyclic) bond motifs is 1. The van der Waals surface area contributed by atoms with Crippen molar-refractivity contribution in [2.24, 2.45) is 0 Å². The van der Waals surface area contributed by atoms with E-state index >= 15 is 0 Å². The number of aliphatic hydroxyl groups excluding tert-OH is 1. The summed E-state index contributed by atoms with van der Waals surface area (Å²) >= 11 is 1.02. The van der Waals surface area contributed by atoms with Gasteiger partial charge in [-0.05, 0) is 24.5 Å². The van der Waals surface area contributed by atoms with Gasteiger partial charge in [-0.25, -0.2) is 0 Å².